The Morgan fingerprint density at radius 3 is 2.44 bits per heavy atom. The van der Waals surface area contributed by atoms with Gasteiger partial charge in [0.05, 0.1) is 13.0 Å². The van der Waals surface area contributed by atoms with Crippen LogP contribution in [0.1, 0.15) is 40.2 Å². The third-order valence-corrected chi connectivity index (χ3v) is 4.82. The van der Waals surface area contributed by atoms with Crippen molar-refractivity contribution in [3.05, 3.63) is 65.2 Å². The number of carbonyl (C=O) groups excluding carboxylic acids is 2. The number of ketones is 1. The fourth-order valence-corrected chi connectivity index (χ4v) is 3.31. The van der Waals surface area contributed by atoms with Crippen molar-refractivity contribution < 1.29 is 24.2 Å². The Hall–Kier alpha value is -3.15. The zero-order valence-electron chi connectivity index (χ0n) is 15.1. The average Bonchev–Trinajstić information content (AvgIpc) is 2.70. The SMILES string of the molecule is COc1ccc(C(=O)CCC(=O)N2Cc3ccccc3C(C(=O)O)C2)cc1. The van der Waals surface area contributed by atoms with Crippen LogP contribution in [0.25, 0.3) is 0 Å². The van der Waals surface area contributed by atoms with Gasteiger partial charge in [0.15, 0.2) is 5.78 Å². The predicted molar refractivity (Wildman–Crippen MR) is 98.8 cm³/mol. The molecule has 6 nitrogen and oxygen atoms in total. The predicted octanol–water partition coefficient (Wildman–Crippen LogP) is 2.87. The first-order valence-electron chi connectivity index (χ1n) is 8.75. The molecule has 0 bridgehead atoms. The molecule has 140 valence electrons. The maximum atomic E-state index is 12.6. The molecule has 0 aromatic heterocycles. The minimum Gasteiger partial charge on any atom is -0.497 e. The van der Waals surface area contributed by atoms with E-state index in [0.29, 0.717) is 17.9 Å². The number of methoxy groups -OCH3 is 1. The number of aliphatic carboxylic acids is 1. The van der Waals surface area contributed by atoms with Crippen molar-refractivity contribution in [2.75, 3.05) is 13.7 Å². The van der Waals surface area contributed by atoms with E-state index in [1.807, 2.05) is 12.1 Å². The molecule has 2 aromatic rings. The Bertz CT molecular complexity index is 859. The third-order valence-electron chi connectivity index (χ3n) is 4.82. The number of carboxylic acids is 1. The lowest BCUT2D eigenvalue weighted by Crippen LogP contribution is -2.40. The van der Waals surface area contributed by atoms with Crippen LogP contribution >= 0.6 is 0 Å². The number of rotatable bonds is 6. The van der Waals surface area contributed by atoms with E-state index < -0.39 is 11.9 Å². The first-order valence-corrected chi connectivity index (χ1v) is 8.75. The van der Waals surface area contributed by atoms with Crippen molar-refractivity contribution in [2.24, 2.45) is 0 Å². The summed E-state index contributed by atoms with van der Waals surface area (Å²) in [6.07, 6.45) is 0.139. The topological polar surface area (TPSA) is 83.9 Å². The Morgan fingerprint density at radius 1 is 1.07 bits per heavy atom. The number of nitrogens with zero attached hydrogens (tertiary/aromatic N) is 1. The normalized spacial score (nSPS) is 15.7. The Kier molecular flexibility index (Phi) is 5.54. The Labute approximate surface area is 157 Å². The largest absolute Gasteiger partial charge is 0.497 e. The molecule has 2 aromatic carbocycles. The molecule has 1 aliphatic rings. The molecular weight excluding hydrogens is 346 g/mol. The number of ether oxygens (including phenoxy) is 1. The van der Waals surface area contributed by atoms with Gasteiger partial charge in [-0.1, -0.05) is 24.3 Å². The number of Topliss-reactive ketones (excluding diaryl/α,β-unsaturated/α-hetero) is 1. The summed E-state index contributed by atoms with van der Waals surface area (Å²) < 4.78 is 5.06. The summed E-state index contributed by atoms with van der Waals surface area (Å²) >= 11 is 0. The van der Waals surface area contributed by atoms with Crippen LogP contribution in [0.5, 0.6) is 5.75 Å². The number of hydrogen-bond donors (Lipinski definition) is 1. The van der Waals surface area contributed by atoms with Crippen molar-refractivity contribution in [1.82, 2.24) is 4.90 Å². The van der Waals surface area contributed by atoms with E-state index in [1.165, 1.54) is 4.90 Å². The molecule has 1 heterocycles. The van der Waals surface area contributed by atoms with E-state index in [9.17, 15) is 19.5 Å². The molecule has 0 saturated heterocycles. The van der Waals surface area contributed by atoms with Crippen LogP contribution in [0.2, 0.25) is 0 Å². The number of hydrogen-bond acceptors (Lipinski definition) is 4. The molecule has 1 amide bonds. The molecule has 0 aliphatic carbocycles. The molecule has 0 radical (unpaired) electrons. The minimum atomic E-state index is -0.950. The summed E-state index contributed by atoms with van der Waals surface area (Å²) in [4.78, 5) is 38.0. The van der Waals surface area contributed by atoms with Crippen LogP contribution < -0.4 is 4.74 Å². The smallest absolute Gasteiger partial charge is 0.312 e. The molecular formula is C21H21NO5. The molecule has 0 spiro atoms. The second-order valence-corrected chi connectivity index (χ2v) is 6.52. The van der Waals surface area contributed by atoms with Gasteiger partial charge in [-0.25, -0.2) is 0 Å². The average molecular weight is 367 g/mol. The first-order chi connectivity index (χ1) is 13.0. The molecule has 1 N–H and O–H groups in total. The van der Waals surface area contributed by atoms with Crippen LogP contribution in [-0.2, 0) is 16.1 Å². The molecule has 0 saturated carbocycles. The fourth-order valence-electron chi connectivity index (χ4n) is 3.31. The number of amides is 1. The maximum Gasteiger partial charge on any atom is 0.312 e. The van der Waals surface area contributed by atoms with Gasteiger partial charge in [-0.15, -0.1) is 0 Å². The summed E-state index contributed by atoms with van der Waals surface area (Å²) in [6.45, 7) is 0.497. The van der Waals surface area contributed by atoms with Gasteiger partial charge in [0, 0.05) is 31.5 Å². The summed E-state index contributed by atoms with van der Waals surface area (Å²) in [5, 5.41) is 9.49. The van der Waals surface area contributed by atoms with Gasteiger partial charge >= 0.3 is 5.97 Å². The summed E-state index contributed by atoms with van der Waals surface area (Å²) in [5.41, 5.74) is 2.12. The lowest BCUT2D eigenvalue weighted by molar-refractivity contribution is -0.141. The quantitative estimate of drug-likeness (QED) is 0.794. The highest BCUT2D eigenvalue weighted by molar-refractivity contribution is 5.98. The zero-order chi connectivity index (χ0) is 19.4. The summed E-state index contributed by atoms with van der Waals surface area (Å²) in [7, 11) is 1.55. The summed E-state index contributed by atoms with van der Waals surface area (Å²) in [5.74, 6) is -1.37. The number of fused-ring (bicyclic) bond motifs is 1. The van der Waals surface area contributed by atoms with Gasteiger partial charge in [-0.2, -0.15) is 0 Å². The minimum absolute atomic E-state index is 0.0549. The van der Waals surface area contributed by atoms with E-state index in [0.717, 1.165) is 11.1 Å². The van der Waals surface area contributed by atoms with Crippen LogP contribution in [-0.4, -0.2) is 41.3 Å². The van der Waals surface area contributed by atoms with E-state index in [2.05, 4.69) is 0 Å². The molecule has 0 fully saturated rings. The molecule has 6 heteroatoms. The fraction of sp³-hybridized carbons (Fsp3) is 0.286. The lowest BCUT2D eigenvalue weighted by atomic mass is 9.89. The molecule has 1 atom stereocenters. The second-order valence-electron chi connectivity index (χ2n) is 6.52. The standard InChI is InChI=1S/C21H21NO5/c1-27-16-8-6-14(7-9-16)19(23)10-11-20(24)22-12-15-4-2-3-5-17(15)18(13-22)21(25)26/h2-9,18H,10-13H2,1H3,(H,25,26). The number of benzene rings is 2. The Morgan fingerprint density at radius 2 is 1.78 bits per heavy atom. The molecule has 1 aliphatic heterocycles. The van der Waals surface area contributed by atoms with Gasteiger partial charge in [0.25, 0.3) is 0 Å². The van der Waals surface area contributed by atoms with Crippen LogP contribution in [0.15, 0.2) is 48.5 Å². The van der Waals surface area contributed by atoms with Crippen molar-refractivity contribution in [1.29, 1.82) is 0 Å². The summed E-state index contributed by atoms with van der Waals surface area (Å²) in [6, 6.07) is 14.0. The molecule has 1 unspecified atom stereocenters. The third kappa shape index (κ3) is 4.16. The second kappa shape index (κ2) is 8.03. The van der Waals surface area contributed by atoms with Crippen LogP contribution in [0.4, 0.5) is 0 Å². The van der Waals surface area contributed by atoms with Crippen molar-refractivity contribution in [2.45, 2.75) is 25.3 Å². The van der Waals surface area contributed by atoms with Crippen molar-refractivity contribution >= 4 is 17.7 Å². The van der Waals surface area contributed by atoms with E-state index >= 15 is 0 Å². The first kappa shape index (κ1) is 18.6. The number of carboxylic acid groups (broad SMARTS) is 1. The highest BCUT2D eigenvalue weighted by Gasteiger charge is 2.32. The van der Waals surface area contributed by atoms with E-state index in [4.69, 9.17) is 4.74 Å². The van der Waals surface area contributed by atoms with E-state index in [-0.39, 0.29) is 31.1 Å². The lowest BCUT2D eigenvalue weighted by Gasteiger charge is -2.32. The van der Waals surface area contributed by atoms with E-state index in [1.54, 1.807) is 43.5 Å². The Balaban J connectivity index is 1.64. The highest BCUT2D eigenvalue weighted by atomic mass is 16.5. The van der Waals surface area contributed by atoms with Gasteiger partial charge in [0.1, 0.15) is 5.75 Å². The zero-order valence-corrected chi connectivity index (χ0v) is 15.1. The van der Waals surface area contributed by atoms with Gasteiger partial charge in [-0.05, 0) is 35.4 Å². The maximum absolute atomic E-state index is 12.6. The van der Waals surface area contributed by atoms with Crippen molar-refractivity contribution in [3.63, 3.8) is 0 Å². The van der Waals surface area contributed by atoms with Gasteiger partial charge in [0.2, 0.25) is 5.91 Å². The molecule has 3 rings (SSSR count). The highest BCUT2D eigenvalue weighted by Crippen LogP contribution is 2.29. The van der Waals surface area contributed by atoms with Crippen molar-refractivity contribution in [3.8, 4) is 5.75 Å². The van der Waals surface area contributed by atoms with Crippen LogP contribution in [0, 0.1) is 0 Å². The van der Waals surface area contributed by atoms with Gasteiger partial charge in [-0.3, -0.25) is 14.4 Å². The van der Waals surface area contributed by atoms with Crippen LogP contribution in [0.3, 0.4) is 0 Å². The monoisotopic (exact) mass is 367 g/mol. The molecule has 27 heavy (non-hydrogen) atoms. The van der Waals surface area contributed by atoms with Gasteiger partial charge < -0.3 is 14.7 Å². The number of carbonyl (C=O) groups is 3.